The van der Waals surface area contributed by atoms with Gasteiger partial charge < -0.3 is 10.2 Å². The van der Waals surface area contributed by atoms with Crippen LogP contribution < -0.4 is 5.32 Å². The second-order valence-corrected chi connectivity index (χ2v) is 6.68. The van der Waals surface area contributed by atoms with Crippen molar-refractivity contribution >= 4 is 24.0 Å². The Kier molecular flexibility index (Phi) is 6.18. The molecule has 132 valence electrons. The predicted octanol–water partition coefficient (Wildman–Crippen LogP) is 2.93. The van der Waals surface area contributed by atoms with Gasteiger partial charge >= 0.3 is 0 Å². The summed E-state index contributed by atoms with van der Waals surface area (Å²) >= 11 is 0. The topological polar surface area (TPSA) is 75.5 Å². The van der Waals surface area contributed by atoms with Crippen LogP contribution in [0.2, 0.25) is 0 Å². The fourth-order valence-corrected chi connectivity index (χ4v) is 3.06. The number of amides is 1. The van der Waals surface area contributed by atoms with Gasteiger partial charge in [-0.25, -0.2) is 0 Å². The van der Waals surface area contributed by atoms with Gasteiger partial charge in [-0.3, -0.25) is 14.9 Å². The number of rotatable bonds is 5. The van der Waals surface area contributed by atoms with E-state index in [1.54, 1.807) is 19.1 Å². The van der Waals surface area contributed by atoms with E-state index < -0.39 is 4.92 Å². The van der Waals surface area contributed by atoms with Gasteiger partial charge in [0.1, 0.15) is 0 Å². The molecule has 6 nitrogen and oxygen atoms in total. The predicted molar refractivity (Wildman–Crippen MR) is 94.7 cm³/mol. The number of aryl methyl sites for hydroxylation is 1. The first kappa shape index (κ1) is 18.7. The number of hydrogen-bond donors (Lipinski definition) is 1. The molecule has 1 heterocycles. The van der Waals surface area contributed by atoms with Crippen LogP contribution in [0.3, 0.4) is 0 Å². The maximum absolute atomic E-state index is 12.6. The van der Waals surface area contributed by atoms with E-state index in [0.29, 0.717) is 30.3 Å². The zero-order chi connectivity index (χ0) is 16.4. The third-order valence-corrected chi connectivity index (χ3v) is 4.83. The maximum Gasteiger partial charge on any atom is 0.273 e. The minimum absolute atomic E-state index is 0. The summed E-state index contributed by atoms with van der Waals surface area (Å²) in [6, 6.07) is 5.22. The molecule has 1 amide bonds. The van der Waals surface area contributed by atoms with E-state index in [1.165, 1.54) is 18.9 Å². The van der Waals surface area contributed by atoms with E-state index in [-0.39, 0.29) is 24.0 Å². The average Bonchev–Trinajstić information content (AvgIpc) is 3.37. The van der Waals surface area contributed by atoms with Gasteiger partial charge in [0.25, 0.3) is 11.6 Å². The van der Waals surface area contributed by atoms with Gasteiger partial charge in [0.15, 0.2) is 0 Å². The van der Waals surface area contributed by atoms with Crippen molar-refractivity contribution in [3.8, 4) is 0 Å². The average molecular weight is 354 g/mol. The van der Waals surface area contributed by atoms with Crippen LogP contribution in [0.4, 0.5) is 5.69 Å². The molecule has 1 aliphatic heterocycles. The molecule has 1 N–H and O–H groups in total. The van der Waals surface area contributed by atoms with E-state index in [2.05, 4.69) is 5.32 Å². The fourth-order valence-electron chi connectivity index (χ4n) is 3.06. The largest absolute Gasteiger partial charge is 0.339 e. The second kappa shape index (κ2) is 7.94. The molecule has 1 aromatic carbocycles. The lowest BCUT2D eigenvalue weighted by Gasteiger charge is -2.32. The van der Waals surface area contributed by atoms with Gasteiger partial charge in [-0.05, 0) is 51.1 Å². The van der Waals surface area contributed by atoms with Gasteiger partial charge in [-0.1, -0.05) is 6.07 Å². The number of nitrogens with zero attached hydrogens (tertiary/aromatic N) is 2. The summed E-state index contributed by atoms with van der Waals surface area (Å²) in [5.74, 6) is 0.761. The molecule has 0 aromatic heterocycles. The number of halogens is 1. The summed E-state index contributed by atoms with van der Waals surface area (Å²) < 4.78 is 0. The third kappa shape index (κ3) is 4.45. The number of piperidine rings is 1. The molecule has 2 aliphatic rings. The van der Waals surface area contributed by atoms with Crippen LogP contribution >= 0.6 is 12.4 Å². The number of carbonyl (C=O) groups excluding carboxylic acids is 1. The Hall–Kier alpha value is -1.66. The monoisotopic (exact) mass is 353 g/mol. The Morgan fingerprint density at radius 3 is 2.54 bits per heavy atom. The Morgan fingerprint density at radius 2 is 1.96 bits per heavy atom. The molecule has 3 rings (SSSR count). The molecular formula is C17H24ClN3O3. The van der Waals surface area contributed by atoms with Crippen molar-refractivity contribution in [2.75, 3.05) is 19.6 Å². The summed E-state index contributed by atoms with van der Waals surface area (Å²) in [5, 5.41) is 14.6. The van der Waals surface area contributed by atoms with Gasteiger partial charge in [0.2, 0.25) is 0 Å². The first-order chi connectivity index (χ1) is 11.0. The number of likely N-dealkylation sites (tertiary alicyclic amines) is 1. The summed E-state index contributed by atoms with van der Waals surface area (Å²) in [6.07, 6.45) is 4.59. The van der Waals surface area contributed by atoms with Crippen LogP contribution in [0.1, 0.15) is 41.6 Å². The molecule has 0 atom stereocenters. The molecule has 1 saturated carbocycles. The Morgan fingerprint density at radius 1 is 1.29 bits per heavy atom. The first-order valence-corrected chi connectivity index (χ1v) is 8.32. The number of nitrogens with one attached hydrogen (secondary N) is 1. The summed E-state index contributed by atoms with van der Waals surface area (Å²) in [5.41, 5.74) is 0.998. The molecule has 0 spiro atoms. The molecule has 1 saturated heterocycles. The van der Waals surface area contributed by atoms with Crippen molar-refractivity contribution in [1.29, 1.82) is 0 Å². The second-order valence-electron chi connectivity index (χ2n) is 6.68. The highest BCUT2D eigenvalue weighted by atomic mass is 35.5. The minimum Gasteiger partial charge on any atom is -0.339 e. The Balaban J connectivity index is 0.00000208. The van der Waals surface area contributed by atoms with E-state index in [9.17, 15) is 14.9 Å². The van der Waals surface area contributed by atoms with Gasteiger partial charge in [-0.15, -0.1) is 12.4 Å². The summed E-state index contributed by atoms with van der Waals surface area (Å²) in [4.78, 5) is 25.0. The molecular weight excluding hydrogens is 330 g/mol. The fraction of sp³-hybridized carbons (Fsp3) is 0.588. The van der Waals surface area contributed by atoms with Crippen molar-refractivity contribution in [1.82, 2.24) is 10.2 Å². The molecule has 1 aliphatic carbocycles. The Bertz CT molecular complexity index is 611. The highest BCUT2D eigenvalue weighted by Gasteiger charge is 2.27. The third-order valence-electron chi connectivity index (χ3n) is 4.83. The maximum atomic E-state index is 12.6. The van der Waals surface area contributed by atoms with Crippen molar-refractivity contribution in [2.45, 2.75) is 38.6 Å². The lowest BCUT2D eigenvalue weighted by Crippen LogP contribution is -2.45. The zero-order valence-electron chi connectivity index (χ0n) is 13.9. The Labute approximate surface area is 148 Å². The van der Waals surface area contributed by atoms with Gasteiger partial charge in [0, 0.05) is 36.3 Å². The van der Waals surface area contributed by atoms with E-state index >= 15 is 0 Å². The number of nitro groups is 1. The normalized spacial score (nSPS) is 18.1. The summed E-state index contributed by atoms with van der Waals surface area (Å²) in [6.45, 7) is 4.21. The molecule has 0 bridgehead atoms. The van der Waals surface area contributed by atoms with Crippen LogP contribution in [-0.2, 0) is 0 Å². The van der Waals surface area contributed by atoms with Crippen molar-refractivity contribution < 1.29 is 9.72 Å². The van der Waals surface area contributed by atoms with E-state index in [0.717, 1.165) is 25.3 Å². The van der Waals surface area contributed by atoms with Crippen LogP contribution in [-0.4, -0.2) is 41.4 Å². The van der Waals surface area contributed by atoms with Crippen LogP contribution in [0, 0.1) is 23.0 Å². The van der Waals surface area contributed by atoms with Crippen LogP contribution in [0.5, 0.6) is 0 Å². The number of carbonyl (C=O) groups is 1. The number of nitro benzene ring substituents is 1. The minimum atomic E-state index is -0.430. The SMILES string of the molecule is Cc1ccc(C(=O)N2CCC(NCC3CC3)CC2)cc1[N+](=O)[O-].Cl. The molecule has 2 fully saturated rings. The molecule has 24 heavy (non-hydrogen) atoms. The molecule has 7 heteroatoms. The quantitative estimate of drug-likeness (QED) is 0.652. The highest BCUT2D eigenvalue weighted by Crippen LogP contribution is 2.28. The standard InChI is InChI=1S/C17H23N3O3.ClH/c1-12-2-5-14(10-16(12)20(22)23)17(21)19-8-6-15(7-9-19)18-11-13-3-4-13;/h2,5,10,13,15,18H,3-4,6-9,11H2,1H3;1H. The number of hydrogen-bond acceptors (Lipinski definition) is 4. The van der Waals surface area contributed by atoms with Gasteiger partial charge in [0.05, 0.1) is 4.92 Å². The highest BCUT2D eigenvalue weighted by molar-refractivity contribution is 5.95. The van der Waals surface area contributed by atoms with Crippen LogP contribution in [0.25, 0.3) is 0 Å². The van der Waals surface area contributed by atoms with Crippen LogP contribution in [0.15, 0.2) is 18.2 Å². The van der Waals surface area contributed by atoms with Crippen molar-refractivity contribution in [3.05, 3.63) is 39.4 Å². The first-order valence-electron chi connectivity index (χ1n) is 8.32. The smallest absolute Gasteiger partial charge is 0.273 e. The molecule has 0 radical (unpaired) electrons. The molecule has 1 aromatic rings. The number of benzene rings is 1. The zero-order valence-corrected chi connectivity index (χ0v) is 14.7. The lowest BCUT2D eigenvalue weighted by atomic mass is 10.0. The van der Waals surface area contributed by atoms with Crippen molar-refractivity contribution in [3.63, 3.8) is 0 Å². The van der Waals surface area contributed by atoms with Gasteiger partial charge in [-0.2, -0.15) is 0 Å². The van der Waals surface area contributed by atoms with E-state index in [4.69, 9.17) is 0 Å². The summed E-state index contributed by atoms with van der Waals surface area (Å²) in [7, 11) is 0. The lowest BCUT2D eigenvalue weighted by molar-refractivity contribution is -0.385. The van der Waals surface area contributed by atoms with Crippen molar-refractivity contribution in [2.24, 2.45) is 5.92 Å². The molecule has 0 unspecified atom stereocenters. The van der Waals surface area contributed by atoms with E-state index in [1.807, 2.05) is 4.90 Å².